The third kappa shape index (κ3) is 6.21. The zero-order chi connectivity index (χ0) is 20.6. The fraction of sp³-hybridized carbons (Fsp3) is 0.364. The summed E-state index contributed by atoms with van der Waals surface area (Å²) in [5.41, 5.74) is 1.81. The Kier molecular flexibility index (Phi) is 7.49. The average Bonchev–Trinajstić information content (AvgIpc) is 2.73. The van der Waals surface area contributed by atoms with Gasteiger partial charge in [-0.3, -0.25) is 14.5 Å². The maximum Gasteiger partial charge on any atom is 0.238 e. The van der Waals surface area contributed by atoms with Gasteiger partial charge in [0.15, 0.2) is 0 Å². The zero-order valence-corrected chi connectivity index (χ0v) is 17.3. The van der Waals surface area contributed by atoms with Gasteiger partial charge in [0.2, 0.25) is 11.8 Å². The molecular weight excluding hydrogens is 390 g/mol. The number of hydrogen-bond acceptors (Lipinski definition) is 4. The van der Waals surface area contributed by atoms with E-state index in [0.717, 1.165) is 11.3 Å². The summed E-state index contributed by atoms with van der Waals surface area (Å²) in [7, 11) is 1.58. The van der Waals surface area contributed by atoms with Crippen LogP contribution in [-0.2, 0) is 16.0 Å². The van der Waals surface area contributed by atoms with Crippen LogP contribution >= 0.6 is 11.6 Å². The second-order valence-electron chi connectivity index (χ2n) is 7.04. The minimum absolute atomic E-state index is 0.0349. The molecule has 7 heteroatoms. The molecule has 2 aromatic carbocycles. The van der Waals surface area contributed by atoms with Crippen LogP contribution in [-0.4, -0.2) is 61.4 Å². The summed E-state index contributed by atoms with van der Waals surface area (Å²) in [4.78, 5) is 28.6. The summed E-state index contributed by atoms with van der Waals surface area (Å²) in [6.07, 6.45) is 1.08. The monoisotopic (exact) mass is 415 g/mol. The summed E-state index contributed by atoms with van der Waals surface area (Å²) in [6.45, 7) is 3.01. The van der Waals surface area contributed by atoms with Crippen molar-refractivity contribution in [2.45, 2.75) is 12.8 Å². The molecule has 0 aliphatic carbocycles. The Balaban J connectivity index is 1.40. The molecule has 6 nitrogen and oxygen atoms in total. The molecular formula is C22H26ClN3O3. The number of anilines is 1. The number of hydrogen-bond donors (Lipinski definition) is 1. The lowest BCUT2D eigenvalue weighted by Crippen LogP contribution is -2.50. The molecule has 0 unspecified atom stereocenters. The number of ether oxygens (including phenoxy) is 1. The van der Waals surface area contributed by atoms with Crippen molar-refractivity contribution >= 4 is 29.1 Å². The van der Waals surface area contributed by atoms with Gasteiger partial charge in [0.25, 0.3) is 0 Å². The maximum absolute atomic E-state index is 12.5. The average molecular weight is 416 g/mol. The SMILES string of the molecule is COc1ccc(CCC(=O)N2CCN(CC(=O)Nc3ccccc3)CC2)cc1Cl. The summed E-state index contributed by atoms with van der Waals surface area (Å²) in [6, 6.07) is 15.0. The third-order valence-corrected chi connectivity index (χ3v) is 5.29. The number of benzene rings is 2. The van der Waals surface area contributed by atoms with Gasteiger partial charge in [0, 0.05) is 38.3 Å². The minimum Gasteiger partial charge on any atom is -0.495 e. The van der Waals surface area contributed by atoms with E-state index in [1.165, 1.54) is 0 Å². The number of rotatable bonds is 7. The number of carbonyl (C=O) groups is 2. The fourth-order valence-corrected chi connectivity index (χ4v) is 3.64. The van der Waals surface area contributed by atoms with Gasteiger partial charge >= 0.3 is 0 Å². The van der Waals surface area contributed by atoms with Crippen molar-refractivity contribution in [1.29, 1.82) is 0 Å². The predicted octanol–water partition coefficient (Wildman–Crippen LogP) is 3.06. The van der Waals surface area contributed by atoms with E-state index in [1.54, 1.807) is 7.11 Å². The first-order chi connectivity index (χ1) is 14.0. The zero-order valence-electron chi connectivity index (χ0n) is 16.6. The van der Waals surface area contributed by atoms with Crippen molar-refractivity contribution in [1.82, 2.24) is 9.80 Å². The van der Waals surface area contributed by atoms with Crippen LogP contribution in [0.5, 0.6) is 5.75 Å². The van der Waals surface area contributed by atoms with Gasteiger partial charge < -0.3 is 15.0 Å². The van der Waals surface area contributed by atoms with Crippen molar-refractivity contribution in [2.24, 2.45) is 0 Å². The highest BCUT2D eigenvalue weighted by molar-refractivity contribution is 6.32. The number of methoxy groups -OCH3 is 1. The molecule has 29 heavy (non-hydrogen) atoms. The summed E-state index contributed by atoms with van der Waals surface area (Å²) in [5, 5.41) is 3.45. The van der Waals surface area contributed by atoms with E-state index >= 15 is 0 Å². The molecule has 1 aliphatic heterocycles. The van der Waals surface area contributed by atoms with Gasteiger partial charge in [-0.2, -0.15) is 0 Å². The number of nitrogens with zero attached hydrogens (tertiary/aromatic N) is 2. The molecule has 1 saturated heterocycles. The number of nitrogens with one attached hydrogen (secondary N) is 1. The standard InChI is InChI=1S/C22H26ClN3O3/c1-29-20-9-7-17(15-19(20)23)8-10-22(28)26-13-11-25(12-14-26)16-21(27)24-18-5-3-2-4-6-18/h2-7,9,15H,8,10-14,16H2,1H3,(H,24,27). The van der Waals surface area contributed by atoms with Gasteiger partial charge in [-0.05, 0) is 36.2 Å². The summed E-state index contributed by atoms with van der Waals surface area (Å²) < 4.78 is 5.15. The van der Waals surface area contributed by atoms with Gasteiger partial charge in [-0.25, -0.2) is 0 Å². The molecule has 2 aromatic rings. The van der Waals surface area contributed by atoms with Crippen molar-refractivity contribution < 1.29 is 14.3 Å². The molecule has 0 radical (unpaired) electrons. The molecule has 0 atom stereocenters. The number of para-hydroxylation sites is 1. The van der Waals surface area contributed by atoms with Crippen LogP contribution in [0.4, 0.5) is 5.69 Å². The van der Waals surface area contributed by atoms with E-state index < -0.39 is 0 Å². The van der Waals surface area contributed by atoms with Crippen molar-refractivity contribution in [3.8, 4) is 5.75 Å². The molecule has 0 bridgehead atoms. The molecule has 1 heterocycles. The highest BCUT2D eigenvalue weighted by atomic mass is 35.5. The molecule has 0 saturated carbocycles. The Morgan fingerprint density at radius 1 is 1.07 bits per heavy atom. The van der Waals surface area contributed by atoms with Crippen LogP contribution in [0.15, 0.2) is 48.5 Å². The minimum atomic E-state index is -0.0349. The van der Waals surface area contributed by atoms with Crippen LogP contribution in [0.1, 0.15) is 12.0 Å². The Labute approximate surface area is 176 Å². The fourth-order valence-electron chi connectivity index (χ4n) is 3.36. The predicted molar refractivity (Wildman–Crippen MR) is 114 cm³/mol. The van der Waals surface area contributed by atoms with E-state index in [9.17, 15) is 9.59 Å². The number of piperazine rings is 1. The first-order valence-corrected chi connectivity index (χ1v) is 10.1. The molecule has 2 amide bonds. The molecule has 1 aliphatic rings. The third-order valence-electron chi connectivity index (χ3n) is 4.99. The van der Waals surface area contributed by atoms with E-state index in [4.69, 9.17) is 16.3 Å². The summed E-state index contributed by atoms with van der Waals surface area (Å²) in [5.74, 6) is 0.729. The smallest absolute Gasteiger partial charge is 0.238 e. The summed E-state index contributed by atoms with van der Waals surface area (Å²) >= 11 is 6.14. The first-order valence-electron chi connectivity index (χ1n) is 9.72. The van der Waals surface area contributed by atoms with Crippen molar-refractivity contribution in [3.63, 3.8) is 0 Å². The molecule has 0 aromatic heterocycles. The topological polar surface area (TPSA) is 61.9 Å². The second-order valence-corrected chi connectivity index (χ2v) is 7.45. The van der Waals surface area contributed by atoms with Crippen LogP contribution in [0, 0.1) is 0 Å². The van der Waals surface area contributed by atoms with Gasteiger partial charge in [0.1, 0.15) is 5.75 Å². The van der Waals surface area contributed by atoms with E-state index in [0.29, 0.717) is 56.3 Å². The molecule has 1 fully saturated rings. The number of aryl methyl sites for hydroxylation is 1. The molecule has 0 spiro atoms. The quantitative estimate of drug-likeness (QED) is 0.755. The van der Waals surface area contributed by atoms with Crippen LogP contribution in [0.25, 0.3) is 0 Å². The van der Waals surface area contributed by atoms with E-state index in [-0.39, 0.29) is 11.8 Å². The first kappa shape index (κ1) is 21.1. The van der Waals surface area contributed by atoms with Crippen molar-refractivity contribution in [3.05, 3.63) is 59.1 Å². The van der Waals surface area contributed by atoms with E-state index in [1.807, 2.05) is 53.4 Å². The second kappa shape index (κ2) is 10.3. The maximum atomic E-state index is 12.5. The van der Waals surface area contributed by atoms with E-state index in [2.05, 4.69) is 10.2 Å². The molecule has 1 N–H and O–H groups in total. The van der Waals surface area contributed by atoms with Gasteiger partial charge in [-0.1, -0.05) is 35.9 Å². The number of halogens is 1. The molecule has 3 rings (SSSR count). The Morgan fingerprint density at radius 2 is 1.79 bits per heavy atom. The Hall–Kier alpha value is -2.57. The van der Waals surface area contributed by atoms with Crippen molar-refractivity contribution in [2.75, 3.05) is 45.2 Å². The van der Waals surface area contributed by atoms with Crippen LogP contribution in [0.3, 0.4) is 0 Å². The largest absolute Gasteiger partial charge is 0.495 e. The van der Waals surface area contributed by atoms with Crippen LogP contribution in [0.2, 0.25) is 5.02 Å². The lowest BCUT2D eigenvalue weighted by molar-refractivity contribution is -0.133. The highest BCUT2D eigenvalue weighted by Crippen LogP contribution is 2.25. The molecule has 154 valence electrons. The highest BCUT2D eigenvalue weighted by Gasteiger charge is 2.22. The number of carbonyl (C=O) groups excluding carboxylic acids is 2. The lowest BCUT2D eigenvalue weighted by atomic mass is 10.1. The van der Waals surface area contributed by atoms with Gasteiger partial charge in [0.05, 0.1) is 18.7 Å². The Bertz CT molecular complexity index is 836. The van der Waals surface area contributed by atoms with Gasteiger partial charge in [-0.15, -0.1) is 0 Å². The number of amides is 2. The Morgan fingerprint density at radius 3 is 2.45 bits per heavy atom. The van der Waals surface area contributed by atoms with Crippen LogP contribution < -0.4 is 10.1 Å². The normalized spacial score (nSPS) is 14.5. The lowest BCUT2D eigenvalue weighted by Gasteiger charge is -2.34.